The van der Waals surface area contributed by atoms with Gasteiger partial charge in [-0.25, -0.2) is 14.6 Å². The molecule has 1 aliphatic heterocycles. The van der Waals surface area contributed by atoms with Gasteiger partial charge in [0.25, 0.3) is 5.56 Å². The van der Waals surface area contributed by atoms with E-state index in [-0.39, 0.29) is 30.0 Å². The predicted molar refractivity (Wildman–Crippen MR) is 110 cm³/mol. The third-order valence-electron chi connectivity index (χ3n) is 4.59. The van der Waals surface area contributed by atoms with Crippen LogP contribution in [0.3, 0.4) is 0 Å². The van der Waals surface area contributed by atoms with Crippen LogP contribution in [-0.4, -0.2) is 28.2 Å². The summed E-state index contributed by atoms with van der Waals surface area (Å²) in [6.45, 7) is 1.76. The number of benzene rings is 1. The molecule has 3 heterocycles. The number of carbonyl (C=O) groups excluding carboxylic acids is 2. The molecule has 0 bridgehead atoms. The van der Waals surface area contributed by atoms with Crippen LogP contribution in [0.5, 0.6) is 0 Å². The van der Waals surface area contributed by atoms with Gasteiger partial charge in [-0.1, -0.05) is 15.9 Å². The van der Waals surface area contributed by atoms with Crippen LogP contribution in [0.4, 0.5) is 4.79 Å². The summed E-state index contributed by atoms with van der Waals surface area (Å²) in [7, 11) is 0. The van der Waals surface area contributed by atoms with Crippen LogP contribution in [0, 0.1) is 0 Å². The van der Waals surface area contributed by atoms with Crippen molar-refractivity contribution in [2.45, 2.75) is 19.5 Å². The number of nitrogens with one attached hydrogen (secondary N) is 2. The zero-order valence-corrected chi connectivity index (χ0v) is 17.4. The first-order valence-corrected chi connectivity index (χ1v) is 9.93. The molecule has 0 saturated heterocycles. The van der Waals surface area contributed by atoms with Gasteiger partial charge >= 0.3 is 12.0 Å². The SMILES string of the molecule is CCOC(=O)C1=C(Cn2cnc3ccc(Br)cc3c2=O)NC(=O)NC1c1ccco1. The van der Waals surface area contributed by atoms with Crippen LogP contribution >= 0.6 is 15.9 Å². The Bertz CT molecular complexity index is 1220. The van der Waals surface area contributed by atoms with E-state index in [0.717, 1.165) is 4.47 Å². The number of hydrogen-bond donors (Lipinski definition) is 2. The molecular formula is C20H17BrN4O5. The van der Waals surface area contributed by atoms with Gasteiger partial charge < -0.3 is 19.8 Å². The second-order valence-electron chi connectivity index (χ2n) is 6.50. The number of esters is 1. The zero-order valence-electron chi connectivity index (χ0n) is 15.8. The number of nitrogens with zero attached hydrogens (tertiary/aromatic N) is 2. The van der Waals surface area contributed by atoms with Gasteiger partial charge in [-0.2, -0.15) is 0 Å². The molecule has 2 amide bonds. The van der Waals surface area contributed by atoms with Gasteiger partial charge in [-0.3, -0.25) is 9.36 Å². The molecule has 0 saturated carbocycles. The predicted octanol–water partition coefficient (Wildman–Crippen LogP) is 2.62. The van der Waals surface area contributed by atoms with Gasteiger partial charge in [0, 0.05) is 4.47 Å². The van der Waals surface area contributed by atoms with Crippen molar-refractivity contribution in [1.82, 2.24) is 20.2 Å². The fourth-order valence-electron chi connectivity index (χ4n) is 3.28. The number of rotatable bonds is 5. The van der Waals surface area contributed by atoms with Crippen LogP contribution in [0.2, 0.25) is 0 Å². The van der Waals surface area contributed by atoms with Crippen LogP contribution in [0.25, 0.3) is 10.9 Å². The lowest BCUT2D eigenvalue weighted by Gasteiger charge is -2.28. The normalized spacial score (nSPS) is 16.3. The van der Waals surface area contributed by atoms with Gasteiger partial charge in [0.05, 0.1) is 47.9 Å². The number of allylic oxidation sites excluding steroid dienone is 1. The molecule has 2 N–H and O–H groups in total. The van der Waals surface area contributed by atoms with E-state index in [2.05, 4.69) is 31.5 Å². The van der Waals surface area contributed by atoms with Crippen molar-refractivity contribution in [2.75, 3.05) is 6.61 Å². The van der Waals surface area contributed by atoms with Crippen molar-refractivity contribution in [1.29, 1.82) is 0 Å². The minimum Gasteiger partial charge on any atom is -0.467 e. The van der Waals surface area contributed by atoms with E-state index in [1.54, 1.807) is 37.3 Å². The number of fused-ring (bicyclic) bond motifs is 1. The highest BCUT2D eigenvalue weighted by atomic mass is 79.9. The molecule has 0 spiro atoms. The second-order valence-corrected chi connectivity index (χ2v) is 7.41. The average molecular weight is 473 g/mol. The van der Waals surface area contributed by atoms with Gasteiger partial charge in [0.2, 0.25) is 0 Å². The van der Waals surface area contributed by atoms with Gasteiger partial charge in [-0.15, -0.1) is 0 Å². The number of aromatic nitrogens is 2. The maximum Gasteiger partial charge on any atom is 0.338 e. The number of ether oxygens (including phenoxy) is 1. The van der Waals surface area contributed by atoms with E-state index in [0.29, 0.717) is 16.7 Å². The molecule has 30 heavy (non-hydrogen) atoms. The molecular weight excluding hydrogens is 456 g/mol. The van der Waals surface area contributed by atoms with E-state index < -0.39 is 18.0 Å². The Labute approximate surface area is 178 Å². The largest absolute Gasteiger partial charge is 0.467 e. The highest BCUT2D eigenvalue weighted by molar-refractivity contribution is 9.10. The van der Waals surface area contributed by atoms with Crippen LogP contribution in [-0.2, 0) is 16.1 Å². The Morgan fingerprint density at radius 3 is 2.90 bits per heavy atom. The summed E-state index contributed by atoms with van der Waals surface area (Å²) in [6.07, 6.45) is 2.83. The monoisotopic (exact) mass is 472 g/mol. The van der Waals surface area contributed by atoms with Gasteiger partial charge in [-0.05, 0) is 37.3 Å². The number of amides is 2. The highest BCUT2D eigenvalue weighted by Crippen LogP contribution is 2.28. The van der Waals surface area contributed by atoms with Crippen LogP contribution in [0.15, 0.2) is 67.9 Å². The maximum atomic E-state index is 13.0. The van der Waals surface area contributed by atoms with Crippen molar-refractivity contribution < 1.29 is 18.7 Å². The first kappa shape index (κ1) is 19.9. The van der Waals surface area contributed by atoms with Crippen LogP contribution < -0.4 is 16.2 Å². The molecule has 1 aromatic carbocycles. The number of carbonyl (C=O) groups is 2. The van der Waals surface area contributed by atoms with E-state index in [1.807, 2.05) is 0 Å². The zero-order chi connectivity index (χ0) is 21.3. The lowest BCUT2D eigenvalue weighted by atomic mass is 10.00. The van der Waals surface area contributed by atoms with E-state index in [4.69, 9.17) is 9.15 Å². The molecule has 0 fully saturated rings. The van der Waals surface area contributed by atoms with Crippen molar-refractivity contribution in [3.05, 3.63) is 74.8 Å². The lowest BCUT2D eigenvalue weighted by Crippen LogP contribution is -2.47. The summed E-state index contributed by atoms with van der Waals surface area (Å²) < 4.78 is 12.7. The second kappa shape index (κ2) is 8.15. The number of urea groups is 1. The number of halogens is 1. The number of furan rings is 1. The molecule has 0 radical (unpaired) electrons. The smallest absolute Gasteiger partial charge is 0.338 e. The van der Waals surface area contributed by atoms with Crippen molar-refractivity contribution in [2.24, 2.45) is 0 Å². The average Bonchev–Trinajstić information content (AvgIpc) is 3.25. The number of hydrogen-bond acceptors (Lipinski definition) is 6. The molecule has 3 aromatic rings. The Morgan fingerprint density at radius 2 is 2.17 bits per heavy atom. The fourth-order valence-corrected chi connectivity index (χ4v) is 3.64. The summed E-state index contributed by atoms with van der Waals surface area (Å²) in [5.74, 6) is -0.246. The van der Waals surface area contributed by atoms with Crippen molar-refractivity contribution >= 4 is 38.8 Å². The third kappa shape index (κ3) is 3.73. The molecule has 1 atom stereocenters. The summed E-state index contributed by atoms with van der Waals surface area (Å²) in [6, 6.07) is 7.13. The Balaban J connectivity index is 1.83. The Hall–Kier alpha value is -3.40. The molecule has 1 aliphatic rings. The first-order valence-electron chi connectivity index (χ1n) is 9.13. The third-order valence-corrected chi connectivity index (χ3v) is 5.08. The molecule has 1 unspecified atom stereocenters. The molecule has 154 valence electrons. The highest BCUT2D eigenvalue weighted by Gasteiger charge is 2.35. The topological polar surface area (TPSA) is 115 Å². The summed E-state index contributed by atoms with van der Waals surface area (Å²) in [5, 5.41) is 5.70. The Morgan fingerprint density at radius 1 is 1.33 bits per heavy atom. The summed E-state index contributed by atoms with van der Waals surface area (Å²) >= 11 is 3.35. The molecule has 2 aromatic heterocycles. The maximum absolute atomic E-state index is 13.0. The van der Waals surface area contributed by atoms with E-state index >= 15 is 0 Å². The lowest BCUT2D eigenvalue weighted by molar-refractivity contribution is -0.139. The minimum absolute atomic E-state index is 0.0763. The fraction of sp³-hybridized carbons (Fsp3) is 0.200. The van der Waals surface area contributed by atoms with Gasteiger partial charge in [0.15, 0.2) is 0 Å². The quantitative estimate of drug-likeness (QED) is 0.551. The summed E-state index contributed by atoms with van der Waals surface area (Å²) in [4.78, 5) is 42.3. The first-order chi connectivity index (χ1) is 14.5. The minimum atomic E-state index is -0.846. The van der Waals surface area contributed by atoms with E-state index in [9.17, 15) is 14.4 Å². The van der Waals surface area contributed by atoms with Crippen molar-refractivity contribution in [3.8, 4) is 0 Å². The molecule has 10 heteroatoms. The molecule has 9 nitrogen and oxygen atoms in total. The standard InChI is InChI=1S/C20H17BrN4O5/c1-2-29-19(27)16-14(23-20(28)24-17(16)15-4-3-7-30-15)9-25-10-22-13-6-5-11(21)8-12(13)18(25)26/h3-8,10,17H,2,9H2,1H3,(H2,23,24,28). The van der Waals surface area contributed by atoms with Gasteiger partial charge in [0.1, 0.15) is 11.8 Å². The van der Waals surface area contributed by atoms with Crippen LogP contribution in [0.1, 0.15) is 18.7 Å². The summed E-state index contributed by atoms with van der Waals surface area (Å²) in [5.41, 5.74) is 0.630. The van der Waals surface area contributed by atoms with Crippen molar-refractivity contribution in [3.63, 3.8) is 0 Å². The molecule has 0 aliphatic carbocycles. The van der Waals surface area contributed by atoms with E-state index in [1.165, 1.54) is 17.2 Å². The Kier molecular flexibility index (Phi) is 5.40. The molecule has 4 rings (SSSR count).